The highest BCUT2D eigenvalue weighted by Gasteiger charge is 2.18. The van der Waals surface area contributed by atoms with Crippen molar-refractivity contribution in [2.75, 3.05) is 50.6 Å². The molecule has 1 N–H and O–H groups in total. The van der Waals surface area contributed by atoms with E-state index in [-0.39, 0.29) is 5.91 Å². The minimum atomic E-state index is -0.148. The fraction of sp³-hybridized carbons (Fsp3) is 0.300. The lowest BCUT2D eigenvalue weighted by Crippen LogP contribution is -2.32. The molecule has 0 bridgehead atoms. The fourth-order valence-corrected chi connectivity index (χ4v) is 4.62. The molecule has 0 saturated carbocycles. The third-order valence-corrected chi connectivity index (χ3v) is 6.67. The van der Waals surface area contributed by atoms with Crippen molar-refractivity contribution in [1.82, 2.24) is 15.0 Å². The molecule has 1 amide bonds. The molecular weight excluding hydrogens is 478 g/mol. The molecule has 1 aliphatic heterocycles. The molecule has 8 heteroatoms. The summed E-state index contributed by atoms with van der Waals surface area (Å²) in [5, 5.41) is 7.06. The van der Waals surface area contributed by atoms with Gasteiger partial charge in [0.2, 0.25) is 11.7 Å². The van der Waals surface area contributed by atoms with Crippen molar-refractivity contribution >= 4 is 17.3 Å². The maximum absolute atomic E-state index is 13.1. The summed E-state index contributed by atoms with van der Waals surface area (Å²) >= 11 is 0. The fourth-order valence-electron chi connectivity index (χ4n) is 4.62. The van der Waals surface area contributed by atoms with Gasteiger partial charge in [-0.25, -0.2) is 0 Å². The van der Waals surface area contributed by atoms with Gasteiger partial charge in [-0.15, -0.1) is 0 Å². The molecule has 0 atom stereocenters. The average Bonchev–Trinajstić information content (AvgIpc) is 3.24. The van der Waals surface area contributed by atoms with Crippen molar-refractivity contribution < 1.29 is 14.1 Å². The maximum atomic E-state index is 13.1. The number of amides is 1. The maximum Gasteiger partial charge on any atom is 0.255 e. The molecule has 38 heavy (non-hydrogen) atoms. The van der Waals surface area contributed by atoms with E-state index in [1.807, 2.05) is 60.7 Å². The lowest BCUT2D eigenvalue weighted by molar-refractivity contribution is 0.102. The number of rotatable bonds is 7. The Morgan fingerprint density at radius 3 is 2.53 bits per heavy atom. The van der Waals surface area contributed by atoms with Gasteiger partial charge in [0.25, 0.3) is 5.91 Å². The number of aryl methyl sites for hydroxylation is 2. The first-order valence-corrected chi connectivity index (χ1v) is 12.9. The number of aromatic nitrogens is 2. The number of hydrogen-bond donors (Lipinski definition) is 1. The van der Waals surface area contributed by atoms with Gasteiger partial charge in [-0.1, -0.05) is 29.4 Å². The number of nitrogens with zero attached hydrogens (tertiary/aromatic N) is 4. The molecule has 0 fully saturated rings. The summed E-state index contributed by atoms with van der Waals surface area (Å²) in [5.74, 6) is 1.83. The molecule has 1 aromatic heterocycles. The molecule has 3 aromatic carbocycles. The second-order valence-electron chi connectivity index (χ2n) is 9.87. The molecule has 5 rings (SSSR count). The van der Waals surface area contributed by atoms with Gasteiger partial charge in [-0.05, 0) is 80.5 Å². The quantitative estimate of drug-likeness (QED) is 0.355. The van der Waals surface area contributed by atoms with Crippen LogP contribution in [0, 0.1) is 13.8 Å². The van der Waals surface area contributed by atoms with Gasteiger partial charge >= 0.3 is 0 Å². The summed E-state index contributed by atoms with van der Waals surface area (Å²) in [4.78, 5) is 21.9. The Bertz CT molecular complexity index is 1430. The van der Waals surface area contributed by atoms with Crippen LogP contribution in [0.5, 0.6) is 5.75 Å². The highest BCUT2D eigenvalue weighted by atomic mass is 16.5. The number of nitrogens with one attached hydrogen (secondary N) is 1. The molecule has 1 aliphatic rings. The van der Waals surface area contributed by atoms with Crippen molar-refractivity contribution in [3.63, 3.8) is 0 Å². The number of ether oxygens (including phenoxy) is 1. The van der Waals surface area contributed by atoms with Crippen molar-refractivity contribution in [1.29, 1.82) is 0 Å². The van der Waals surface area contributed by atoms with E-state index in [2.05, 4.69) is 46.3 Å². The second-order valence-corrected chi connectivity index (χ2v) is 9.87. The topological polar surface area (TPSA) is 83.7 Å². The van der Waals surface area contributed by atoms with Crippen LogP contribution in [-0.4, -0.2) is 61.3 Å². The minimum Gasteiger partial charge on any atom is -0.491 e. The Kier molecular flexibility index (Phi) is 7.42. The summed E-state index contributed by atoms with van der Waals surface area (Å²) in [5.41, 5.74) is 6.49. The first kappa shape index (κ1) is 25.5. The SMILES string of the molecule is Cc1nc(-c2ccc(-c3ccc(C(=O)Nc4ccc5c(c4)N(CCN(C)C)CCCO5)cc3)c(C)c2)no1. The zero-order valence-corrected chi connectivity index (χ0v) is 22.3. The number of anilines is 2. The minimum absolute atomic E-state index is 0.148. The molecule has 0 radical (unpaired) electrons. The van der Waals surface area contributed by atoms with Gasteiger partial charge in [0.15, 0.2) is 0 Å². The van der Waals surface area contributed by atoms with Crippen LogP contribution in [0.1, 0.15) is 28.2 Å². The molecule has 196 valence electrons. The number of fused-ring (bicyclic) bond motifs is 1. The number of carbonyl (C=O) groups excluding carboxylic acids is 1. The standard InChI is InChI=1S/C30H33N5O3/c1-20-18-24(29-31-21(2)38-33-29)10-12-26(20)22-6-8-23(9-7-22)30(36)32-25-11-13-28-27(19-25)35(14-5-17-37-28)16-15-34(3)4/h6-13,18-19H,5,14-17H2,1-4H3,(H,32,36). The lowest BCUT2D eigenvalue weighted by atomic mass is 9.97. The van der Waals surface area contributed by atoms with Gasteiger partial charge < -0.3 is 24.4 Å². The van der Waals surface area contributed by atoms with E-state index >= 15 is 0 Å². The van der Waals surface area contributed by atoms with Crippen LogP contribution in [-0.2, 0) is 0 Å². The van der Waals surface area contributed by atoms with Crippen LogP contribution in [0.3, 0.4) is 0 Å². The van der Waals surface area contributed by atoms with Crippen LogP contribution in [0.25, 0.3) is 22.5 Å². The summed E-state index contributed by atoms with van der Waals surface area (Å²) in [7, 11) is 4.15. The summed E-state index contributed by atoms with van der Waals surface area (Å²) in [6.07, 6.45) is 0.967. The number of likely N-dealkylation sites (N-methyl/N-ethyl adjacent to an activating group) is 1. The summed E-state index contributed by atoms with van der Waals surface area (Å²) in [6.45, 7) is 7.30. The molecule has 0 unspecified atom stereocenters. The average molecular weight is 512 g/mol. The second kappa shape index (κ2) is 11.1. The third kappa shape index (κ3) is 5.70. The van der Waals surface area contributed by atoms with E-state index in [9.17, 15) is 4.79 Å². The predicted molar refractivity (Wildman–Crippen MR) is 150 cm³/mol. The highest BCUT2D eigenvalue weighted by molar-refractivity contribution is 6.04. The molecule has 0 saturated heterocycles. The highest BCUT2D eigenvalue weighted by Crippen LogP contribution is 2.34. The van der Waals surface area contributed by atoms with Gasteiger partial charge in [0.1, 0.15) is 5.75 Å². The van der Waals surface area contributed by atoms with Gasteiger partial charge in [-0.3, -0.25) is 4.79 Å². The molecule has 2 heterocycles. The van der Waals surface area contributed by atoms with E-state index in [1.165, 1.54) is 0 Å². The van der Waals surface area contributed by atoms with Crippen molar-refractivity contribution in [3.8, 4) is 28.3 Å². The van der Waals surface area contributed by atoms with Crippen molar-refractivity contribution in [3.05, 3.63) is 77.7 Å². The summed E-state index contributed by atoms with van der Waals surface area (Å²) < 4.78 is 11.0. The van der Waals surface area contributed by atoms with Crippen LogP contribution < -0.4 is 15.0 Å². The Labute approximate surface area is 223 Å². The summed E-state index contributed by atoms with van der Waals surface area (Å²) in [6, 6.07) is 19.6. The zero-order valence-electron chi connectivity index (χ0n) is 22.3. The molecular formula is C30H33N5O3. The first-order valence-electron chi connectivity index (χ1n) is 12.9. The zero-order chi connectivity index (χ0) is 26.6. The van der Waals surface area contributed by atoms with Gasteiger partial charge in [-0.2, -0.15) is 4.98 Å². The van der Waals surface area contributed by atoms with Gasteiger partial charge in [0, 0.05) is 43.4 Å². The number of carbonyl (C=O) groups is 1. The molecule has 8 nitrogen and oxygen atoms in total. The van der Waals surface area contributed by atoms with E-state index < -0.39 is 0 Å². The number of hydrogen-bond acceptors (Lipinski definition) is 7. The largest absolute Gasteiger partial charge is 0.491 e. The van der Waals surface area contributed by atoms with E-state index in [0.29, 0.717) is 23.9 Å². The van der Waals surface area contributed by atoms with Crippen LogP contribution in [0.4, 0.5) is 11.4 Å². The van der Waals surface area contributed by atoms with E-state index in [4.69, 9.17) is 9.26 Å². The lowest BCUT2D eigenvalue weighted by Gasteiger charge is -2.26. The Hall–Kier alpha value is -4.17. The smallest absolute Gasteiger partial charge is 0.255 e. The van der Waals surface area contributed by atoms with Gasteiger partial charge in [0.05, 0.1) is 12.3 Å². The number of benzene rings is 3. The monoisotopic (exact) mass is 511 g/mol. The molecule has 0 spiro atoms. The Morgan fingerprint density at radius 1 is 1.03 bits per heavy atom. The van der Waals surface area contributed by atoms with Crippen LogP contribution >= 0.6 is 0 Å². The van der Waals surface area contributed by atoms with Crippen molar-refractivity contribution in [2.24, 2.45) is 0 Å². The Balaban J connectivity index is 1.30. The van der Waals surface area contributed by atoms with E-state index in [1.54, 1.807) is 6.92 Å². The van der Waals surface area contributed by atoms with E-state index in [0.717, 1.165) is 65.4 Å². The molecule has 0 aliphatic carbocycles. The van der Waals surface area contributed by atoms with Crippen LogP contribution in [0.15, 0.2) is 65.2 Å². The third-order valence-electron chi connectivity index (χ3n) is 6.67. The first-order chi connectivity index (χ1) is 18.4. The van der Waals surface area contributed by atoms with Crippen molar-refractivity contribution in [2.45, 2.75) is 20.3 Å². The predicted octanol–water partition coefficient (Wildman–Crippen LogP) is 5.42. The normalized spacial score (nSPS) is 13.1. The van der Waals surface area contributed by atoms with Crippen LogP contribution in [0.2, 0.25) is 0 Å². The molecule has 4 aromatic rings. The Morgan fingerprint density at radius 2 is 1.82 bits per heavy atom.